The molecule has 0 atom stereocenters. The van der Waals surface area contributed by atoms with E-state index < -0.39 is 0 Å². The van der Waals surface area contributed by atoms with Crippen LogP contribution in [-0.4, -0.2) is 51.0 Å². The molecule has 120 valence electrons. The highest BCUT2D eigenvalue weighted by Crippen LogP contribution is 2.27. The first-order valence-corrected chi connectivity index (χ1v) is 8.71. The van der Waals surface area contributed by atoms with Crippen molar-refractivity contribution < 1.29 is 9.64 Å². The van der Waals surface area contributed by atoms with E-state index in [0.29, 0.717) is 0 Å². The molecule has 1 aromatic carbocycles. The van der Waals surface area contributed by atoms with Crippen LogP contribution in [0, 0.1) is 6.92 Å². The van der Waals surface area contributed by atoms with Crippen LogP contribution >= 0.6 is 12.2 Å². The highest BCUT2D eigenvalue weighted by Gasteiger charge is 2.20. The van der Waals surface area contributed by atoms with Gasteiger partial charge in [-0.2, -0.15) is 0 Å². The van der Waals surface area contributed by atoms with Crippen molar-refractivity contribution in [3.05, 3.63) is 29.3 Å². The summed E-state index contributed by atoms with van der Waals surface area (Å²) in [6.07, 6.45) is 2.33. The Bertz CT molecular complexity index is 529. The van der Waals surface area contributed by atoms with Crippen molar-refractivity contribution in [2.75, 3.05) is 50.8 Å². The molecule has 2 heterocycles. The second-order valence-electron chi connectivity index (χ2n) is 6.23. The molecule has 2 aliphatic rings. The zero-order valence-electron chi connectivity index (χ0n) is 13.4. The minimum Gasteiger partial charge on any atom is -0.370 e. The molecule has 0 bridgehead atoms. The van der Waals surface area contributed by atoms with Gasteiger partial charge in [-0.15, -0.1) is 0 Å². The number of anilines is 1. The molecule has 1 fully saturated rings. The average Bonchev–Trinajstić information content (AvgIpc) is 2.55. The maximum atomic E-state index is 5.63. The predicted molar refractivity (Wildman–Crippen MR) is 93.8 cm³/mol. The lowest BCUT2D eigenvalue weighted by Crippen LogP contribution is -3.14. The fourth-order valence-corrected chi connectivity index (χ4v) is 3.58. The van der Waals surface area contributed by atoms with E-state index in [4.69, 9.17) is 17.0 Å². The number of hydrogen-bond acceptors (Lipinski definition) is 2. The average molecular weight is 320 g/mol. The lowest BCUT2D eigenvalue weighted by atomic mass is 10.00. The zero-order chi connectivity index (χ0) is 15.4. The van der Waals surface area contributed by atoms with Gasteiger partial charge in [0.15, 0.2) is 5.11 Å². The molecule has 0 amide bonds. The maximum Gasteiger partial charge on any atom is 0.173 e. The number of ether oxygens (including phenoxy) is 1. The van der Waals surface area contributed by atoms with Crippen LogP contribution in [0.15, 0.2) is 18.2 Å². The van der Waals surface area contributed by atoms with Crippen molar-refractivity contribution in [3.63, 3.8) is 0 Å². The Hall–Kier alpha value is -1.17. The first-order valence-electron chi connectivity index (χ1n) is 8.30. The quantitative estimate of drug-likeness (QED) is 0.796. The van der Waals surface area contributed by atoms with Crippen LogP contribution in [0.3, 0.4) is 0 Å². The molecular formula is C17H26N3OS+. The number of thiocarbonyl (C=S) groups is 1. The molecule has 0 saturated carbocycles. The van der Waals surface area contributed by atoms with E-state index >= 15 is 0 Å². The van der Waals surface area contributed by atoms with Gasteiger partial charge in [-0.25, -0.2) is 0 Å². The second-order valence-corrected chi connectivity index (χ2v) is 6.62. The molecule has 4 nitrogen and oxygen atoms in total. The zero-order valence-corrected chi connectivity index (χ0v) is 14.2. The summed E-state index contributed by atoms with van der Waals surface area (Å²) in [6.45, 7) is 9.22. The van der Waals surface area contributed by atoms with Crippen LogP contribution in [0.4, 0.5) is 5.69 Å². The summed E-state index contributed by atoms with van der Waals surface area (Å²) < 4.78 is 5.40. The number of morpholine rings is 1. The molecule has 0 radical (unpaired) electrons. The normalized spacial score (nSPS) is 18.9. The van der Waals surface area contributed by atoms with Crippen molar-refractivity contribution in [1.82, 2.24) is 5.32 Å². The number of nitrogens with one attached hydrogen (secondary N) is 2. The van der Waals surface area contributed by atoms with E-state index in [2.05, 4.69) is 35.3 Å². The van der Waals surface area contributed by atoms with E-state index in [9.17, 15) is 0 Å². The van der Waals surface area contributed by atoms with E-state index in [-0.39, 0.29) is 0 Å². The van der Waals surface area contributed by atoms with Gasteiger partial charge in [0.05, 0.1) is 26.3 Å². The predicted octanol–water partition coefficient (Wildman–Crippen LogP) is 0.537. The Labute approximate surface area is 138 Å². The Balaban J connectivity index is 1.54. The second kappa shape index (κ2) is 7.40. The third-order valence-corrected chi connectivity index (χ3v) is 4.92. The van der Waals surface area contributed by atoms with Gasteiger partial charge in [0, 0.05) is 12.2 Å². The summed E-state index contributed by atoms with van der Waals surface area (Å²) in [5, 5.41) is 4.32. The fourth-order valence-electron chi connectivity index (χ4n) is 3.29. The number of nitrogens with zero attached hydrogens (tertiary/aromatic N) is 1. The van der Waals surface area contributed by atoms with E-state index in [1.807, 2.05) is 0 Å². The fraction of sp³-hybridized carbons (Fsp3) is 0.588. The minimum absolute atomic E-state index is 0.873. The van der Waals surface area contributed by atoms with Crippen LogP contribution in [0.1, 0.15) is 17.5 Å². The smallest absolute Gasteiger partial charge is 0.173 e. The highest BCUT2D eigenvalue weighted by atomic mass is 32.1. The van der Waals surface area contributed by atoms with Crippen LogP contribution in [0.2, 0.25) is 0 Å². The van der Waals surface area contributed by atoms with Crippen molar-refractivity contribution in [3.8, 4) is 0 Å². The Morgan fingerprint density at radius 1 is 1.36 bits per heavy atom. The first-order chi connectivity index (χ1) is 10.7. The number of aryl methyl sites for hydroxylation is 2. The van der Waals surface area contributed by atoms with Crippen LogP contribution in [-0.2, 0) is 11.2 Å². The molecule has 0 aromatic heterocycles. The molecule has 22 heavy (non-hydrogen) atoms. The van der Waals surface area contributed by atoms with Crippen molar-refractivity contribution in [2.24, 2.45) is 0 Å². The third-order valence-electron chi connectivity index (χ3n) is 4.55. The molecule has 0 aliphatic carbocycles. The molecule has 1 aromatic rings. The molecule has 0 spiro atoms. The molecular weight excluding hydrogens is 294 g/mol. The number of rotatable bonds is 3. The largest absolute Gasteiger partial charge is 0.370 e. The van der Waals surface area contributed by atoms with Gasteiger partial charge in [0.1, 0.15) is 13.1 Å². The van der Waals surface area contributed by atoms with Gasteiger partial charge in [0.2, 0.25) is 0 Å². The summed E-state index contributed by atoms with van der Waals surface area (Å²) >= 11 is 5.63. The van der Waals surface area contributed by atoms with Crippen molar-refractivity contribution in [2.45, 2.75) is 19.8 Å². The topological polar surface area (TPSA) is 28.9 Å². The van der Waals surface area contributed by atoms with Crippen molar-refractivity contribution in [1.29, 1.82) is 0 Å². The number of hydrogen-bond donors (Lipinski definition) is 2. The van der Waals surface area contributed by atoms with Gasteiger partial charge in [-0.3, -0.25) is 0 Å². The minimum atomic E-state index is 0.873. The molecule has 2 N–H and O–H groups in total. The van der Waals surface area contributed by atoms with E-state index in [1.54, 1.807) is 4.90 Å². The number of quaternary nitrogens is 1. The van der Waals surface area contributed by atoms with Crippen molar-refractivity contribution >= 4 is 23.0 Å². The van der Waals surface area contributed by atoms with Gasteiger partial charge in [-0.05, 0) is 43.6 Å². The lowest BCUT2D eigenvalue weighted by Gasteiger charge is -2.32. The number of fused-ring (bicyclic) bond motifs is 1. The highest BCUT2D eigenvalue weighted by molar-refractivity contribution is 7.80. The van der Waals surface area contributed by atoms with Crippen LogP contribution in [0.5, 0.6) is 0 Å². The SMILES string of the molecule is Cc1ccc2c(c1)CCCN2C(=S)NCC[NH+]1CCOCC1. The van der Waals surface area contributed by atoms with Gasteiger partial charge in [0.25, 0.3) is 0 Å². The standard InChI is InChI=1S/C17H25N3OS/c1-14-4-5-16-15(13-14)3-2-7-20(16)17(22)18-6-8-19-9-11-21-12-10-19/h4-5,13H,2-3,6-12H2,1H3,(H,18,22)/p+1. The third kappa shape index (κ3) is 3.77. The molecule has 3 rings (SSSR count). The Kier molecular flexibility index (Phi) is 5.28. The van der Waals surface area contributed by atoms with Crippen LogP contribution in [0.25, 0.3) is 0 Å². The maximum absolute atomic E-state index is 5.63. The van der Waals surface area contributed by atoms with Gasteiger partial charge >= 0.3 is 0 Å². The molecule has 0 unspecified atom stereocenters. The molecule has 1 saturated heterocycles. The van der Waals surface area contributed by atoms with Gasteiger partial charge < -0.3 is 19.9 Å². The summed E-state index contributed by atoms with van der Waals surface area (Å²) in [5.41, 5.74) is 4.04. The Morgan fingerprint density at radius 2 is 2.18 bits per heavy atom. The summed E-state index contributed by atoms with van der Waals surface area (Å²) in [7, 11) is 0. The number of benzene rings is 1. The summed E-state index contributed by atoms with van der Waals surface area (Å²) in [6, 6.07) is 6.69. The first kappa shape index (κ1) is 15.7. The van der Waals surface area contributed by atoms with Gasteiger partial charge in [-0.1, -0.05) is 17.7 Å². The monoisotopic (exact) mass is 320 g/mol. The van der Waals surface area contributed by atoms with E-state index in [0.717, 1.165) is 57.5 Å². The lowest BCUT2D eigenvalue weighted by molar-refractivity contribution is -0.906. The van der Waals surface area contributed by atoms with E-state index in [1.165, 1.54) is 23.2 Å². The van der Waals surface area contributed by atoms with Crippen LogP contribution < -0.4 is 15.1 Å². The summed E-state index contributed by atoms with van der Waals surface area (Å²) in [4.78, 5) is 3.87. The molecule has 2 aliphatic heterocycles. The molecule has 5 heteroatoms. The summed E-state index contributed by atoms with van der Waals surface area (Å²) in [5.74, 6) is 0. The Morgan fingerprint density at radius 3 is 3.00 bits per heavy atom.